The Hall–Kier alpha value is -1.43. The molecule has 1 aromatic rings. The predicted octanol–water partition coefficient (Wildman–Crippen LogP) is 2.78. The molecule has 20 heavy (non-hydrogen) atoms. The van der Waals surface area contributed by atoms with E-state index in [0.29, 0.717) is 12.8 Å². The molecule has 0 radical (unpaired) electrons. The fourth-order valence-electron chi connectivity index (χ4n) is 2.77. The molecule has 110 valence electrons. The van der Waals surface area contributed by atoms with E-state index >= 15 is 0 Å². The fraction of sp³-hybridized carbons (Fsp3) is 0.500. The Balaban J connectivity index is 2.59. The Kier molecular flexibility index (Phi) is 4.13. The van der Waals surface area contributed by atoms with Crippen molar-refractivity contribution in [1.29, 1.82) is 0 Å². The van der Waals surface area contributed by atoms with Gasteiger partial charge in [0.25, 0.3) is 0 Å². The molecule has 0 atom stereocenters. The van der Waals surface area contributed by atoms with Gasteiger partial charge in [-0.15, -0.1) is 0 Å². The summed E-state index contributed by atoms with van der Waals surface area (Å²) >= 11 is 0. The first-order valence-electron chi connectivity index (χ1n) is 6.64. The highest BCUT2D eigenvalue weighted by atomic mass is 32.2. The number of carboxylic acids is 1. The SMILES string of the molecule is O=C(O)C1(S(=O)(=O)c2ccccc2F)CCCCCC1. The largest absolute Gasteiger partial charge is 0.480 e. The summed E-state index contributed by atoms with van der Waals surface area (Å²) in [4.78, 5) is 11.1. The van der Waals surface area contributed by atoms with Crippen LogP contribution in [-0.4, -0.2) is 24.2 Å². The standard InChI is InChI=1S/C14H17FO4S/c15-11-7-3-4-8-12(11)20(18,19)14(13(16)17)9-5-1-2-6-10-14/h3-4,7-8H,1-2,5-6,9-10H2,(H,16,17). The topological polar surface area (TPSA) is 71.4 Å². The summed E-state index contributed by atoms with van der Waals surface area (Å²) in [5.41, 5.74) is 0. The predicted molar refractivity (Wildman–Crippen MR) is 71.7 cm³/mol. The van der Waals surface area contributed by atoms with Crippen LogP contribution in [0.15, 0.2) is 29.2 Å². The van der Waals surface area contributed by atoms with Crippen LogP contribution in [0.25, 0.3) is 0 Å². The van der Waals surface area contributed by atoms with E-state index in [4.69, 9.17) is 0 Å². The number of halogens is 1. The van der Waals surface area contributed by atoms with Gasteiger partial charge < -0.3 is 5.11 Å². The van der Waals surface area contributed by atoms with Gasteiger partial charge in [-0.3, -0.25) is 4.79 Å². The number of benzene rings is 1. The molecule has 2 rings (SSSR count). The molecule has 0 unspecified atom stereocenters. The third kappa shape index (κ3) is 2.32. The highest BCUT2D eigenvalue weighted by molar-refractivity contribution is 7.93. The quantitative estimate of drug-likeness (QED) is 0.871. The maximum atomic E-state index is 13.8. The van der Waals surface area contributed by atoms with E-state index in [0.717, 1.165) is 25.0 Å². The molecule has 1 N–H and O–H groups in total. The van der Waals surface area contributed by atoms with E-state index in [-0.39, 0.29) is 12.8 Å². The minimum Gasteiger partial charge on any atom is -0.480 e. The van der Waals surface area contributed by atoms with Gasteiger partial charge in [0.2, 0.25) is 0 Å². The van der Waals surface area contributed by atoms with Gasteiger partial charge in [0.1, 0.15) is 10.7 Å². The van der Waals surface area contributed by atoms with E-state index in [1.807, 2.05) is 0 Å². The third-order valence-electron chi connectivity index (χ3n) is 3.94. The highest BCUT2D eigenvalue weighted by Gasteiger charge is 2.52. The lowest BCUT2D eigenvalue weighted by Crippen LogP contribution is -2.46. The van der Waals surface area contributed by atoms with Crippen molar-refractivity contribution in [2.75, 3.05) is 0 Å². The molecule has 0 heterocycles. The summed E-state index contributed by atoms with van der Waals surface area (Å²) < 4.78 is 37.3. The molecule has 0 spiro atoms. The van der Waals surface area contributed by atoms with E-state index < -0.39 is 31.3 Å². The van der Waals surface area contributed by atoms with Crippen molar-refractivity contribution in [1.82, 2.24) is 0 Å². The summed E-state index contributed by atoms with van der Waals surface area (Å²) in [6.45, 7) is 0. The summed E-state index contributed by atoms with van der Waals surface area (Å²) in [6.07, 6.45) is 2.75. The van der Waals surface area contributed by atoms with Gasteiger partial charge in [-0.05, 0) is 25.0 Å². The summed E-state index contributed by atoms with van der Waals surface area (Å²) in [7, 11) is -4.25. The minimum atomic E-state index is -4.25. The number of sulfone groups is 1. The van der Waals surface area contributed by atoms with E-state index in [2.05, 4.69) is 0 Å². The number of carboxylic acid groups (broad SMARTS) is 1. The molecular formula is C14H17FO4S. The molecule has 0 saturated heterocycles. The zero-order valence-electron chi connectivity index (χ0n) is 11.0. The second kappa shape index (κ2) is 5.52. The van der Waals surface area contributed by atoms with Crippen molar-refractivity contribution < 1.29 is 22.7 Å². The number of hydrogen-bond acceptors (Lipinski definition) is 3. The fourth-order valence-corrected chi connectivity index (χ4v) is 4.83. The zero-order valence-corrected chi connectivity index (χ0v) is 11.8. The summed E-state index contributed by atoms with van der Waals surface area (Å²) in [5.74, 6) is -2.26. The third-order valence-corrected chi connectivity index (χ3v) is 6.46. The van der Waals surface area contributed by atoms with Gasteiger partial charge in [-0.2, -0.15) is 0 Å². The first-order valence-corrected chi connectivity index (χ1v) is 8.13. The van der Waals surface area contributed by atoms with Crippen molar-refractivity contribution in [2.24, 2.45) is 0 Å². The van der Waals surface area contributed by atoms with E-state index in [9.17, 15) is 22.7 Å². The van der Waals surface area contributed by atoms with Crippen LogP contribution in [0.1, 0.15) is 38.5 Å². The second-order valence-corrected chi connectivity index (χ2v) is 7.38. The van der Waals surface area contributed by atoms with Gasteiger partial charge in [0.15, 0.2) is 14.6 Å². The molecule has 0 aliphatic heterocycles. The Morgan fingerprint density at radius 1 is 1.10 bits per heavy atom. The Bertz CT molecular complexity index is 601. The van der Waals surface area contributed by atoms with E-state index in [1.165, 1.54) is 12.1 Å². The van der Waals surface area contributed by atoms with Crippen LogP contribution in [0, 0.1) is 5.82 Å². The van der Waals surface area contributed by atoms with Gasteiger partial charge in [-0.25, -0.2) is 12.8 Å². The molecule has 0 aromatic heterocycles. The molecule has 1 aromatic carbocycles. The average Bonchev–Trinajstić information content (AvgIpc) is 2.65. The summed E-state index contributed by atoms with van der Waals surface area (Å²) in [5, 5.41) is 9.50. The number of rotatable bonds is 3. The Labute approximate surface area is 117 Å². The molecule has 0 bridgehead atoms. The van der Waals surface area contributed by atoms with Crippen molar-refractivity contribution in [2.45, 2.75) is 48.2 Å². The average molecular weight is 300 g/mol. The molecule has 1 aliphatic carbocycles. The highest BCUT2D eigenvalue weighted by Crippen LogP contribution is 2.39. The molecular weight excluding hydrogens is 283 g/mol. The van der Waals surface area contributed by atoms with Crippen LogP contribution in [-0.2, 0) is 14.6 Å². The first kappa shape index (κ1) is 15.0. The van der Waals surface area contributed by atoms with Crippen LogP contribution >= 0.6 is 0 Å². The lowest BCUT2D eigenvalue weighted by Gasteiger charge is -2.27. The van der Waals surface area contributed by atoms with Crippen molar-refractivity contribution in [3.63, 3.8) is 0 Å². The van der Waals surface area contributed by atoms with Gasteiger partial charge in [0.05, 0.1) is 0 Å². The lowest BCUT2D eigenvalue weighted by molar-refractivity contribution is -0.140. The minimum absolute atomic E-state index is 0.0407. The molecule has 4 nitrogen and oxygen atoms in total. The van der Waals surface area contributed by atoms with Gasteiger partial charge in [-0.1, -0.05) is 37.8 Å². The van der Waals surface area contributed by atoms with Crippen LogP contribution in [0.5, 0.6) is 0 Å². The Morgan fingerprint density at radius 2 is 1.65 bits per heavy atom. The van der Waals surface area contributed by atoms with Crippen molar-refractivity contribution in [3.05, 3.63) is 30.1 Å². The van der Waals surface area contributed by atoms with E-state index in [1.54, 1.807) is 0 Å². The van der Waals surface area contributed by atoms with Crippen LogP contribution in [0.3, 0.4) is 0 Å². The van der Waals surface area contributed by atoms with Crippen LogP contribution in [0.2, 0.25) is 0 Å². The number of carbonyl (C=O) groups is 1. The van der Waals surface area contributed by atoms with Crippen LogP contribution in [0.4, 0.5) is 4.39 Å². The van der Waals surface area contributed by atoms with Crippen LogP contribution < -0.4 is 0 Å². The monoisotopic (exact) mass is 300 g/mol. The molecule has 6 heteroatoms. The van der Waals surface area contributed by atoms with Crippen molar-refractivity contribution >= 4 is 15.8 Å². The first-order chi connectivity index (χ1) is 9.42. The smallest absolute Gasteiger partial charge is 0.325 e. The molecule has 0 amide bonds. The molecule has 1 aliphatic rings. The van der Waals surface area contributed by atoms with Gasteiger partial charge >= 0.3 is 5.97 Å². The summed E-state index contributed by atoms with van der Waals surface area (Å²) in [6, 6.07) is 4.97. The maximum absolute atomic E-state index is 13.8. The van der Waals surface area contributed by atoms with Crippen molar-refractivity contribution in [3.8, 4) is 0 Å². The lowest BCUT2D eigenvalue weighted by atomic mass is 9.99. The van der Waals surface area contributed by atoms with Gasteiger partial charge in [0, 0.05) is 0 Å². The number of aliphatic carboxylic acids is 1. The Morgan fingerprint density at radius 3 is 2.15 bits per heavy atom. The number of hydrogen-bond donors (Lipinski definition) is 1. The zero-order chi connectivity index (χ0) is 14.8. The second-order valence-electron chi connectivity index (χ2n) is 5.15. The molecule has 1 fully saturated rings. The maximum Gasteiger partial charge on any atom is 0.325 e. The normalized spacial score (nSPS) is 19.2. The molecule has 1 saturated carbocycles.